The molecule has 1 aromatic carbocycles. The number of benzene rings is 1. The van der Waals surface area contributed by atoms with E-state index in [1.807, 2.05) is 37.5 Å². The number of rotatable bonds is 5. The summed E-state index contributed by atoms with van der Waals surface area (Å²) in [5.74, 6) is 0.848. The maximum Gasteiger partial charge on any atom is 0.119 e. The number of ether oxygens (including phenoxy) is 2. The lowest BCUT2D eigenvalue weighted by Gasteiger charge is -2.32. The highest BCUT2D eigenvalue weighted by molar-refractivity contribution is 7.11. The molecule has 0 radical (unpaired) electrons. The summed E-state index contributed by atoms with van der Waals surface area (Å²) in [4.78, 5) is 12.7. The summed E-state index contributed by atoms with van der Waals surface area (Å²) in [6.45, 7) is 5.48. The quantitative estimate of drug-likeness (QED) is 0.666. The fourth-order valence-corrected chi connectivity index (χ4v) is 4.13. The van der Waals surface area contributed by atoms with Gasteiger partial charge in [-0.05, 0) is 30.7 Å². The minimum absolute atomic E-state index is 0.00660. The highest BCUT2D eigenvalue weighted by atomic mass is 32.1. The van der Waals surface area contributed by atoms with Crippen LogP contribution in [-0.2, 0) is 11.3 Å². The smallest absolute Gasteiger partial charge is 0.119 e. The number of pyridine rings is 1. The monoisotopic (exact) mass is 381 g/mol. The van der Waals surface area contributed by atoms with Crippen molar-refractivity contribution in [3.8, 4) is 16.9 Å². The van der Waals surface area contributed by atoms with Crippen LogP contribution in [0.3, 0.4) is 0 Å². The van der Waals surface area contributed by atoms with Crippen LogP contribution in [0, 0.1) is 6.92 Å². The van der Waals surface area contributed by atoms with Gasteiger partial charge in [-0.1, -0.05) is 18.2 Å². The van der Waals surface area contributed by atoms with E-state index < -0.39 is 0 Å². The first-order chi connectivity index (χ1) is 13.2. The Kier molecular flexibility index (Phi) is 5.48. The van der Waals surface area contributed by atoms with Crippen LogP contribution in [0.5, 0.6) is 5.75 Å². The van der Waals surface area contributed by atoms with E-state index in [0.717, 1.165) is 53.8 Å². The lowest BCUT2D eigenvalue weighted by Crippen LogP contribution is -2.37. The van der Waals surface area contributed by atoms with Gasteiger partial charge in [0, 0.05) is 42.5 Å². The van der Waals surface area contributed by atoms with Crippen molar-refractivity contribution in [1.29, 1.82) is 0 Å². The minimum atomic E-state index is 0.00660. The van der Waals surface area contributed by atoms with E-state index in [2.05, 4.69) is 33.1 Å². The Morgan fingerprint density at radius 1 is 1.19 bits per heavy atom. The summed E-state index contributed by atoms with van der Waals surface area (Å²) in [5.41, 5.74) is 3.15. The van der Waals surface area contributed by atoms with Gasteiger partial charge in [0.25, 0.3) is 0 Å². The number of morpholine rings is 1. The molecular formula is C21H23N3O2S. The highest BCUT2D eigenvalue weighted by Gasteiger charge is 2.23. The van der Waals surface area contributed by atoms with E-state index in [4.69, 9.17) is 9.47 Å². The number of methoxy groups -OCH3 is 1. The van der Waals surface area contributed by atoms with Gasteiger partial charge in [0.1, 0.15) is 11.9 Å². The normalized spacial score (nSPS) is 17.8. The topological polar surface area (TPSA) is 47.5 Å². The summed E-state index contributed by atoms with van der Waals surface area (Å²) < 4.78 is 11.3. The molecule has 0 spiro atoms. The van der Waals surface area contributed by atoms with Gasteiger partial charge in [0.2, 0.25) is 0 Å². The Hall–Kier alpha value is -2.28. The molecule has 0 unspecified atom stereocenters. The van der Waals surface area contributed by atoms with E-state index in [-0.39, 0.29) is 6.10 Å². The summed E-state index contributed by atoms with van der Waals surface area (Å²) in [5, 5.41) is 1.12. The van der Waals surface area contributed by atoms with Crippen LogP contribution in [0.4, 0.5) is 0 Å². The average Bonchev–Trinajstić information content (AvgIpc) is 3.13. The van der Waals surface area contributed by atoms with E-state index in [0.29, 0.717) is 0 Å². The molecule has 3 aromatic rings. The van der Waals surface area contributed by atoms with Gasteiger partial charge >= 0.3 is 0 Å². The number of thiazole rings is 1. The van der Waals surface area contributed by atoms with Crippen molar-refractivity contribution in [1.82, 2.24) is 14.9 Å². The average molecular weight is 382 g/mol. The molecule has 2 aromatic heterocycles. The first-order valence-corrected chi connectivity index (χ1v) is 9.88. The van der Waals surface area contributed by atoms with Gasteiger partial charge in [0.05, 0.1) is 24.4 Å². The van der Waals surface area contributed by atoms with Gasteiger partial charge in [-0.25, -0.2) is 4.98 Å². The largest absolute Gasteiger partial charge is 0.497 e. The highest BCUT2D eigenvalue weighted by Crippen LogP contribution is 2.27. The Morgan fingerprint density at radius 2 is 2.11 bits per heavy atom. The Labute approximate surface area is 163 Å². The minimum Gasteiger partial charge on any atom is -0.497 e. The van der Waals surface area contributed by atoms with Crippen LogP contribution in [0.15, 0.2) is 48.8 Å². The molecule has 0 N–H and O–H groups in total. The lowest BCUT2D eigenvalue weighted by atomic mass is 10.1. The number of hydrogen-bond acceptors (Lipinski definition) is 6. The van der Waals surface area contributed by atoms with Crippen molar-refractivity contribution in [3.63, 3.8) is 0 Å². The van der Waals surface area contributed by atoms with Crippen molar-refractivity contribution in [3.05, 3.63) is 64.4 Å². The molecule has 1 saturated heterocycles. The first-order valence-electron chi connectivity index (χ1n) is 9.07. The van der Waals surface area contributed by atoms with Gasteiger partial charge in [0.15, 0.2) is 0 Å². The maximum absolute atomic E-state index is 5.98. The van der Waals surface area contributed by atoms with Crippen molar-refractivity contribution in [2.75, 3.05) is 26.8 Å². The van der Waals surface area contributed by atoms with Gasteiger partial charge in [-0.2, -0.15) is 0 Å². The zero-order valence-corrected chi connectivity index (χ0v) is 16.4. The van der Waals surface area contributed by atoms with Crippen molar-refractivity contribution in [2.45, 2.75) is 19.6 Å². The zero-order chi connectivity index (χ0) is 18.6. The molecule has 140 valence electrons. The first kappa shape index (κ1) is 18.1. The Balaban J connectivity index is 1.44. The van der Waals surface area contributed by atoms with Crippen LogP contribution in [0.25, 0.3) is 11.1 Å². The van der Waals surface area contributed by atoms with E-state index >= 15 is 0 Å². The molecular weight excluding hydrogens is 358 g/mol. The Morgan fingerprint density at radius 3 is 2.85 bits per heavy atom. The second-order valence-corrected chi connectivity index (χ2v) is 7.96. The van der Waals surface area contributed by atoms with Crippen LogP contribution < -0.4 is 4.74 Å². The SMILES string of the molecule is COc1cccc(-c2ccc([C@H]3CN(Cc4cnc(C)s4)CCO3)nc2)c1. The van der Waals surface area contributed by atoms with Gasteiger partial charge in [-0.15, -0.1) is 11.3 Å². The molecule has 0 bridgehead atoms. The standard InChI is InChI=1S/C21H23N3O2S/c1-15-22-12-19(27-15)13-24-8-9-26-21(14-24)20-7-6-17(11-23-20)16-4-3-5-18(10-16)25-2/h3-7,10-12,21H,8-9,13-14H2,1-2H3/t21-/m1/s1. The predicted molar refractivity (Wildman–Crippen MR) is 107 cm³/mol. The maximum atomic E-state index is 5.98. The van der Waals surface area contributed by atoms with Crippen LogP contribution in [0.1, 0.15) is 21.7 Å². The number of hydrogen-bond donors (Lipinski definition) is 0. The second kappa shape index (κ2) is 8.17. The third-order valence-corrected chi connectivity index (χ3v) is 5.62. The molecule has 4 rings (SSSR count). The molecule has 1 aliphatic rings. The molecule has 6 heteroatoms. The number of aryl methyl sites for hydroxylation is 1. The molecule has 1 aliphatic heterocycles. The molecule has 27 heavy (non-hydrogen) atoms. The summed E-state index contributed by atoms with van der Waals surface area (Å²) >= 11 is 1.76. The van der Waals surface area contributed by atoms with Gasteiger partial charge in [-0.3, -0.25) is 9.88 Å². The molecule has 1 atom stereocenters. The fraction of sp³-hybridized carbons (Fsp3) is 0.333. The van der Waals surface area contributed by atoms with Crippen LogP contribution >= 0.6 is 11.3 Å². The third-order valence-electron chi connectivity index (χ3n) is 4.72. The molecule has 1 fully saturated rings. The number of aromatic nitrogens is 2. The molecule has 0 aliphatic carbocycles. The van der Waals surface area contributed by atoms with Crippen LogP contribution in [-0.4, -0.2) is 41.7 Å². The van der Waals surface area contributed by atoms with Crippen molar-refractivity contribution >= 4 is 11.3 Å². The van der Waals surface area contributed by atoms with E-state index in [9.17, 15) is 0 Å². The van der Waals surface area contributed by atoms with Crippen LogP contribution in [0.2, 0.25) is 0 Å². The molecule has 5 nitrogen and oxygen atoms in total. The second-order valence-electron chi connectivity index (χ2n) is 6.64. The summed E-state index contributed by atoms with van der Waals surface area (Å²) in [6.07, 6.45) is 3.90. The summed E-state index contributed by atoms with van der Waals surface area (Å²) in [6, 6.07) is 12.2. The van der Waals surface area contributed by atoms with E-state index in [1.54, 1.807) is 18.4 Å². The third kappa shape index (κ3) is 4.35. The molecule has 0 amide bonds. The van der Waals surface area contributed by atoms with Crippen molar-refractivity contribution < 1.29 is 9.47 Å². The van der Waals surface area contributed by atoms with Crippen molar-refractivity contribution in [2.24, 2.45) is 0 Å². The van der Waals surface area contributed by atoms with E-state index in [1.165, 1.54) is 4.88 Å². The Bertz CT molecular complexity index is 894. The lowest BCUT2D eigenvalue weighted by molar-refractivity contribution is -0.0346. The zero-order valence-electron chi connectivity index (χ0n) is 15.6. The fourth-order valence-electron chi connectivity index (χ4n) is 3.29. The van der Waals surface area contributed by atoms with Gasteiger partial charge < -0.3 is 9.47 Å². The number of nitrogens with zero attached hydrogens (tertiary/aromatic N) is 3. The predicted octanol–water partition coefficient (Wildman–Crippen LogP) is 4.10. The molecule has 0 saturated carbocycles. The summed E-state index contributed by atoms with van der Waals surface area (Å²) in [7, 11) is 1.68. The molecule has 3 heterocycles.